The molecule has 1 aromatic rings. The van der Waals surface area contributed by atoms with E-state index in [9.17, 15) is 4.79 Å². The minimum absolute atomic E-state index is 0.0399. The smallest absolute Gasteiger partial charge is 0.321 e. The molecule has 0 aliphatic rings. The first-order valence-electron chi connectivity index (χ1n) is 5.73. The molecule has 0 bridgehead atoms. The summed E-state index contributed by atoms with van der Waals surface area (Å²) in [5, 5.41) is 11.5. The summed E-state index contributed by atoms with van der Waals surface area (Å²) in [6.45, 7) is 2.01. The van der Waals surface area contributed by atoms with Crippen LogP contribution in [0.1, 0.15) is 17.5 Å². The molecule has 96 valence electrons. The molecule has 0 saturated carbocycles. The zero-order valence-electron chi connectivity index (χ0n) is 10.9. The van der Waals surface area contributed by atoms with Crippen LogP contribution in [0, 0.1) is 18.8 Å². The quantitative estimate of drug-likeness (QED) is 0.782. The van der Waals surface area contributed by atoms with Crippen molar-refractivity contribution in [2.24, 2.45) is 0 Å². The lowest BCUT2D eigenvalue weighted by molar-refractivity contribution is 0.230. The monoisotopic (exact) mass is 246 g/mol. The maximum Gasteiger partial charge on any atom is 0.321 e. The molecule has 1 aromatic carbocycles. The maximum absolute atomic E-state index is 11.6. The van der Waals surface area contributed by atoms with E-state index in [1.807, 2.05) is 25.1 Å². The first kappa shape index (κ1) is 14.1. The van der Waals surface area contributed by atoms with Crippen molar-refractivity contribution < 1.29 is 9.90 Å². The second-order valence-corrected chi connectivity index (χ2v) is 4.15. The van der Waals surface area contributed by atoms with Gasteiger partial charge in [0, 0.05) is 26.1 Å². The molecule has 1 rings (SSSR count). The van der Waals surface area contributed by atoms with E-state index < -0.39 is 0 Å². The van der Waals surface area contributed by atoms with Crippen molar-refractivity contribution in [3.8, 4) is 11.8 Å². The zero-order chi connectivity index (χ0) is 13.5. The average molecular weight is 246 g/mol. The summed E-state index contributed by atoms with van der Waals surface area (Å²) in [7, 11) is 3.36. The first-order chi connectivity index (χ1) is 8.54. The molecule has 0 heterocycles. The van der Waals surface area contributed by atoms with Crippen molar-refractivity contribution >= 4 is 11.7 Å². The summed E-state index contributed by atoms with van der Waals surface area (Å²) < 4.78 is 0. The summed E-state index contributed by atoms with van der Waals surface area (Å²) in [6, 6.07) is 5.47. The number of amides is 2. The summed E-state index contributed by atoms with van der Waals surface area (Å²) >= 11 is 0. The second kappa shape index (κ2) is 6.67. The fourth-order valence-electron chi connectivity index (χ4n) is 1.31. The number of nitrogens with zero attached hydrogens (tertiary/aromatic N) is 1. The van der Waals surface area contributed by atoms with E-state index in [0.717, 1.165) is 11.1 Å². The molecule has 4 heteroatoms. The number of aryl methyl sites for hydroxylation is 1. The fourth-order valence-corrected chi connectivity index (χ4v) is 1.31. The number of hydrogen-bond donors (Lipinski definition) is 2. The number of hydrogen-bond acceptors (Lipinski definition) is 2. The third-order valence-corrected chi connectivity index (χ3v) is 2.28. The Balaban J connectivity index is 2.97. The summed E-state index contributed by atoms with van der Waals surface area (Å²) in [4.78, 5) is 13.1. The molecule has 2 N–H and O–H groups in total. The molecule has 0 aliphatic carbocycles. The van der Waals surface area contributed by atoms with E-state index in [1.54, 1.807) is 14.1 Å². The Bertz CT molecular complexity index is 484. The lowest BCUT2D eigenvalue weighted by Gasteiger charge is -2.13. The van der Waals surface area contributed by atoms with Crippen molar-refractivity contribution in [2.45, 2.75) is 13.3 Å². The predicted molar refractivity (Wildman–Crippen MR) is 72.5 cm³/mol. The predicted octanol–water partition coefficient (Wildman–Crippen LogP) is 1.82. The van der Waals surface area contributed by atoms with Crippen LogP contribution in [0.15, 0.2) is 18.2 Å². The zero-order valence-corrected chi connectivity index (χ0v) is 10.9. The number of urea groups is 1. The van der Waals surface area contributed by atoms with Crippen LogP contribution < -0.4 is 5.32 Å². The minimum Gasteiger partial charge on any atom is -0.395 e. The van der Waals surface area contributed by atoms with E-state index in [-0.39, 0.29) is 12.6 Å². The van der Waals surface area contributed by atoms with Crippen LogP contribution in [0.2, 0.25) is 0 Å². The van der Waals surface area contributed by atoms with E-state index >= 15 is 0 Å². The Hall–Kier alpha value is -1.99. The summed E-state index contributed by atoms with van der Waals surface area (Å²) in [5.41, 5.74) is 2.52. The molecule has 4 nitrogen and oxygen atoms in total. The number of carbonyl (C=O) groups excluding carboxylic acids is 1. The molecule has 18 heavy (non-hydrogen) atoms. The van der Waals surface area contributed by atoms with Gasteiger partial charge in [-0.2, -0.15) is 0 Å². The summed E-state index contributed by atoms with van der Waals surface area (Å²) in [6.07, 6.45) is 0.426. The number of carbonyl (C=O) groups is 1. The van der Waals surface area contributed by atoms with Gasteiger partial charge in [0.2, 0.25) is 0 Å². The third-order valence-electron chi connectivity index (χ3n) is 2.28. The van der Waals surface area contributed by atoms with Gasteiger partial charge >= 0.3 is 6.03 Å². The van der Waals surface area contributed by atoms with Crippen LogP contribution in [0.3, 0.4) is 0 Å². The van der Waals surface area contributed by atoms with Gasteiger partial charge in [-0.25, -0.2) is 4.79 Å². The Labute approximate surface area is 108 Å². The lowest BCUT2D eigenvalue weighted by Crippen LogP contribution is -2.27. The first-order valence-corrected chi connectivity index (χ1v) is 5.73. The molecular weight excluding hydrogens is 228 g/mol. The summed E-state index contributed by atoms with van der Waals surface area (Å²) in [5.74, 6) is 5.81. The maximum atomic E-state index is 11.6. The van der Waals surface area contributed by atoms with Gasteiger partial charge in [0.1, 0.15) is 0 Å². The third kappa shape index (κ3) is 4.11. The van der Waals surface area contributed by atoms with Gasteiger partial charge in [-0.3, -0.25) is 0 Å². The van der Waals surface area contributed by atoms with Gasteiger partial charge in [-0.1, -0.05) is 17.9 Å². The molecule has 0 saturated heterocycles. The van der Waals surface area contributed by atoms with Crippen molar-refractivity contribution in [2.75, 3.05) is 26.0 Å². The number of aliphatic hydroxyl groups is 1. The molecule has 0 fully saturated rings. The van der Waals surface area contributed by atoms with Gasteiger partial charge in [0.05, 0.1) is 12.3 Å². The molecule has 0 radical (unpaired) electrons. The number of aliphatic hydroxyl groups excluding tert-OH is 1. The van der Waals surface area contributed by atoms with Crippen LogP contribution in [-0.2, 0) is 0 Å². The van der Waals surface area contributed by atoms with Crippen molar-refractivity contribution in [1.82, 2.24) is 4.90 Å². The van der Waals surface area contributed by atoms with Gasteiger partial charge in [-0.15, -0.1) is 0 Å². The van der Waals surface area contributed by atoms with Gasteiger partial charge in [0.15, 0.2) is 0 Å². The van der Waals surface area contributed by atoms with Crippen molar-refractivity contribution in [3.05, 3.63) is 29.3 Å². The van der Waals surface area contributed by atoms with Crippen LogP contribution in [0.25, 0.3) is 0 Å². The number of nitrogens with one attached hydrogen (secondary N) is 1. The molecule has 0 unspecified atom stereocenters. The van der Waals surface area contributed by atoms with Crippen LogP contribution in [0.4, 0.5) is 10.5 Å². The normalized spacial score (nSPS) is 9.33. The second-order valence-electron chi connectivity index (χ2n) is 4.15. The highest BCUT2D eigenvalue weighted by atomic mass is 16.2. The highest BCUT2D eigenvalue weighted by molar-refractivity contribution is 5.90. The molecule has 0 spiro atoms. The van der Waals surface area contributed by atoms with E-state index in [1.165, 1.54) is 4.90 Å². The standard InChI is InChI=1S/C14H18N2O2/c1-11-7-8-13(15-14(18)16(2)3)12(10-11)6-4-5-9-17/h7-8,10,17H,5,9H2,1-3H3,(H,15,18). The highest BCUT2D eigenvalue weighted by Gasteiger charge is 2.07. The van der Waals surface area contributed by atoms with Gasteiger partial charge in [0.25, 0.3) is 0 Å². The largest absolute Gasteiger partial charge is 0.395 e. The Kier molecular flexibility index (Phi) is 5.22. The van der Waals surface area contributed by atoms with Crippen LogP contribution in [-0.4, -0.2) is 36.7 Å². The molecule has 0 atom stereocenters. The molecular formula is C14H18N2O2. The minimum atomic E-state index is -0.191. The Morgan fingerprint density at radius 3 is 2.78 bits per heavy atom. The number of benzene rings is 1. The van der Waals surface area contributed by atoms with Crippen LogP contribution in [0.5, 0.6) is 0 Å². The topological polar surface area (TPSA) is 52.6 Å². The fraction of sp³-hybridized carbons (Fsp3) is 0.357. The highest BCUT2D eigenvalue weighted by Crippen LogP contribution is 2.16. The molecule has 0 aliphatic heterocycles. The SMILES string of the molecule is Cc1ccc(NC(=O)N(C)C)c(C#CCCO)c1. The van der Waals surface area contributed by atoms with E-state index in [0.29, 0.717) is 12.1 Å². The van der Waals surface area contributed by atoms with Gasteiger partial charge < -0.3 is 15.3 Å². The Morgan fingerprint density at radius 2 is 2.17 bits per heavy atom. The Morgan fingerprint density at radius 1 is 1.44 bits per heavy atom. The molecule has 2 amide bonds. The van der Waals surface area contributed by atoms with E-state index in [2.05, 4.69) is 17.2 Å². The average Bonchev–Trinajstić information content (AvgIpc) is 2.32. The van der Waals surface area contributed by atoms with E-state index in [4.69, 9.17) is 5.11 Å². The van der Waals surface area contributed by atoms with Crippen molar-refractivity contribution in [3.63, 3.8) is 0 Å². The number of rotatable bonds is 2. The van der Waals surface area contributed by atoms with Gasteiger partial charge in [-0.05, 0) is 24.6 Å². The van der Waals surface area contributed by atoms with Crippen molar-refractivity contribution in [1.29, 1.82) is 0 Å². The number of anilines is 1. The molecule has 0 aromatic heterocycles. The van der Waals surface area contributed by atoms with Crippen LogP contribution >= 0.6 is 0 Å². The lowest BCUT2D eigenvalue weighted by atomic mass is 10.1.